The number of nitrogens with one attached hydrogen (secondary N) is 1. The van der Waals surface area contributed by atoms with Gasteiger partial charge in [-0.25, -0.2) is 4.39 Å². The van der Waals surface area contributed by atoms with E-state index in [0.29, 0.717) is 6.04 Å². The maximum atomic E-state index is 13.1. The van der Waals surface area contributed by atoms with Crippen molar-refractivity contribution in [2.75, 3.05) is 20.1 Å². The van der Waals surface area contributed by atoms with Gasteiger partial charge in [0.25, 0.3) is 0 Å². The van der Waals surface area contributed by atoms with Gasteiger partial charge in [-0.05, 0) is 51.5 Å². The molecule has 1 N–H and O–H groups in total. The maximum Gasteiger partial charge on any atom is 0.141 e. The van der Waals surface area contributed by atoms with Gasteiger partial charge in [0.05, 0.1) is 6.20 Å². The Hall–Kier alpha value is -1.00. The summed E-state index contributed by atoms with van der Waals surface area (Å²) in [4.78, 5) is 6.23. The molecule has 1 aliphatic rings. The first-order chi connectivity index (χ1) is 8.15. The van der Waals surface area contributed by atoms with E-state index in [1.165, 1.54) is 6.20 Å². The number of likely N-dealkylation sites (tertiary alicyclic amines) is 1. The zero-order chi connectivity index (χ0) is 12.3. The van der Waals surface area contributed by atoms with Gasteiger partial charge in [0.2, 0.25) is 0 Å². The van der Waals surface area contributed by atoms with Crippen molar-refractivity contribution in [2.45, 2.75) is 31.8 Å². The molecule has 1 fully saturated rings. The summed E-state index contributed by atoms with van der Waals surface area (Å²) >= 11 is 0. The number of hydrogen-bond acceptors (Lipinski definition) is 3. The lowest BCUT2D eigenvalue weighted by molar-refractivity contribution is 0.226. The van der Waals surface area contributed by atoms with Crippen LogP contribution in [0.15, 0.2) is 18.5 Å². The van der Waals surface area contributed by atoms with E-state index in [2.05, 4.69) is 29.2 Å². The van der Waals surface area contributed by atoms with Gasteiger partial charge in [-0.15, -0.1) is 0 Å². The molecular weight excluding hydrogens is 217 g/mol. The lowest BCUT2D eigenvalue weighted by Crippen LogP contribution is -2.41. The summed E-state index contributed by atoms with van der Waals surface area (Å²) in [7, 11) is 2.15. The second-order valence-corrected chi connectivity index (χ2v) is 4.90. The molecule has 1 saturated heterocycles. The molecule has 0 spiro atoms. The Morgan fingerprint density at radius 1 is 1.41 bits per heavy atom. The van der Waals surface area contributed by atoms with E-state index in [1.807, 2.05) is 0 Å². The first-order valence-electron chi connectivity index (χ1n) is 6.20. The number of rotatable bonds is 3. The summed E-state index contributed by atoms with van der Waals surface area (Å²) in [5.74, 6) is -0.264. The maximum absolute atomic E-state index is 13.1. The largest absolute Gasteiger partial charge is 0.307 e. The molecule has 3 nitrogen and oxygen atoms in total. The van der Waals surface area contributed by atoms with E-state index < -0.39 is 0 Å². The van der Waals surface area contributed by atoms with Crippen molar-refractivity contribution in [3.05, 3.63) is 29.8 Å². The van der Waals surface area contributed by atoms with Crippen LogP contribution < -0.4 is 5.32 Å². The van der Waals surface area contributed by atoms with Crippen LogP contribution in [-0.4, -0.2) is 36.1 Å². The molecule has 2 heterocycles. The van der Waals surface area contributed by atoms with Crippen LogP contribution in [0.2, 0.25) is 0 Å². The van der Waals surface area contributed by atoms with Crippen molar-refractivity contribution in [3.63, 3.8) is 0 Å². The summed E-state index contributed by atoms with van der Waals surface area (Å²) in [6, 6.07) is 2.25. The van der Waals surface area contributed by atoms with E-state index in [9.17, 15) is 4.39 Å². The molecule has 2 rings (SSSR count). The van der Waals surface area contributed by atoms with Crippen molar-refractivity contribution >= 4 is 0 Å². The Morgan fingerprint density at radius 2 is 2.12 bits per heavy atom. The van der Waals surface area contributed by atoms with Gasteiger partial charge in [-0.3, -0.25) is 4.98 Å². The minimum atomic E-state index is -0.264. The third-order valence-corrected chi connectivity index (χ3v) is 3.43. The molecule has 1 aromatic heterocycles. The summed E-state index contributed by atoms with van der Waals surface area (Å²) in [5, 5.41) is 3.55. The zero-order valence-electron chi connectivity index (χ0n) is 10.5. The highest BCUT2D eigenvalue weighted by Crippen LogP contribution is 2.16. The Labute approximate surface area is 102 Å². The van der Waals surface area contributed by atoms with Crippen LogP contribution in [0.1, 0.15) is 31.4 Å². The average Bonchev–Trinajstić information content (AvgIpc) is 2.32. The first-order valence-corrected chi connectivity index (χ1v) is 6.20. The standard InChI is InChI=1S/C13H20FN3/c1-10(11-7-12(14)9-15-8-11)16-13-3-5-17(2)6-4-13/h7-10,13,16H,3-6H2,1-2H3. The topological polar surface area (TPSA) is 28.2 Å². The van der Waals surface area contributed by atoms with Crippen LogP contribution in [0.3, 0.4) is 0 Å². The number of pyridine rings is 1. The van der Waals surface area contributed by atoms with Crippen LogP contribution in [0.4, 0.5) is 4.39 Å². The Kier molecular flexibility index (Phi) is 4.07. The molecule has 0 aliphatic carbocycles. The van der Waals surface area contributed by atoms with Crippen molar-refractivity contribution in [1.82, 2.24) is 15.2 Å². The molecule has 0 bridgehead atoms. The molecule has 1 aromatic rings. The van der Waals surface area contributed by atoms with Crippen molar-refractivity contribution in [1.29, 1.82) is 0 Å². The molecule has 0 saturated carbocycles. The predicted octanol–water partition coefficient (Wildman–Crippen LogP) is 1.97. The Bertz CT molecular complexity index is 361. The minimum absolute atomic E-state index is 0.159. The molecule has 1 atom stereocenters. The molecule has 1 unspecified atom stereocenters. The lowest BCUT2D eigenvalue weighted by Gasteiger charge is -2.31. The van der Waals surface area contributed by atoms with Crippen molar-refractivity contribution in [3.8, 4) is 0 Å². The van der Waals surface area contributed by atoms with E-state index >= 15 is 0 Å². The molecule has 0 amide bonds. The zero-order valence-corrected chi connectivity index (χ0v) is 10.5. The van der Waals surface area contributed by atoms with Crippen LogP contribution in [0.25, 0.3) is 0 Å². The first kappa shape index (κ1) is 12.5. The van der Waals surface area contributed by atoms with Gasteiger partial charge in [0.15, 0.2) is 0 Å². The van der Waals surface area contributed by atoms with E-state index in [-0.39, 0.29) is 11.9 Å². The molecule has 1 aliphatic heterocycles. The van der Waals surface area contributed by atoms with Gasteiger partial charge in [0, 0.05) is 18.3 Å². The quantitative estimate of drug-likeness (QED) is 0.871. The normalized spacial score (nSPS) is 20.4. The molecule has 0 aromatic carbocycles. The fraction of sp³-hybridized carbons (Fsp3) is 0.615. The van der Waals surface area contributed by atoms with Crippen LogP contribution >= 0.6 is 0 Å². The van der Waals surface area contributed by atoms with E-state index in [0.717, 1.165) is 31.5 Å². The fourth-order valence-electron chi connectivity index (χ4n) is 2.29. The monoisotopic (exact) mass is 237 g/mol. The molecule has 0 radical (unpaired) electrons. The summed E-state index contributed by atoms with van der Waals surface area (Å²) in [6.07, 6.45) is 5.29. The average molecular weight is 237 g/mol. The summed E-state index contributed by atoms with van der Waals surface area (Å²) in [6.45, 7) is 4.33. The van der Waals surface area contributed by atoms with Crippen LogP contribution in [-0.2, 0) is 0 Å². The van der Waals surface area contributed by atoms with Gasteiger partial charge < -0.3 is 10.2 Å². The third-order valence-electron chi connectivity index (χ3n) is 3.43. The second-order valence-electron chi connectivity index (χ2n) is 4.90. The highest BCUT2D eigenvalue weighted by atomic mass is 19.1. The van der Waals surface area contributed by atoms with Crippen molar-refractivity contribution < 1.29 is 4.39 Å². The van der Waals surface area contributed by atoms with Crippen LogP contribution in [0, 0.1) is 5.82 Å². The Balaban J connectivity index is 1.90. The number of piperidine rings is 1. The minimum Gasteiger partial charge on any atom is -0.307 e. The Morgan fingerprint density at radius 3 is 2.76 bits per heavy atom. The van der Waals surface area contributed by atoms with Crippen molar-refractivity contribution in [2.24, 2.45) is 0 Å². The van der Waals surface area contributed by atoms with Crippen LogP contribution in [0.5, 0.6) is 0 Å². The SMILES string of the molecule is CC(NC1CCN(C)CC1)c1cncc(F)c1. The summed E-state index contributed by atoms with van der Waals surface area (Å²) < 4.78 is 13.1. The molecular formula is C13H20FN3. The van der Waals surface area contributed by atoms with Gasteiger partial charge >= 0.3 is 0 Å². The second kappa shape index (κ2) is 5.56. The number of nitrogens with zero attached hydrogens (tertiary/aromatic N) is 2. The molecule has 17 heavy (non-hydrogen) atoms. The number of halogens is 1. The lowest BCUT2D eigenvalue weighted by atomic mass is 10.0. The highest BCUT2D eigenvalue weighted by molar-refractivity contribution is 5.14. The fourth-order valence-corrected chi connectivity index (χ4v) is 2.29. The predicted molar refractivity (Wildman–Crippen MR) is 66.3 cm³/mol. The highest BCUT2D eigenvalue weighted by Gasteiger charge is 2.18. The van der Waals surface area contributed by atoms with Gasteiger partial charge in [0.1, 0.15) is 5.82 Å². The number of hydrogen-bond donors (Lipinski definition) is 1. The summed E-state index contributed by atoms with van der Waals surface area (Å²) in [5.41, 5.74) is 0.920. The third kappa shape index (κ3) is 3.48. The van der Waals surface area contributed by atoms with Gasteiger partial charge in [-0.2, -0.15) is 0 Å². The van der Waals surface area contributed by atoms with E-state index in [1.54, 1.807) is 12.3 Å². The molecule has 4 heteroatoms. The number of aromatic nitrogens is 1. The smallest absolute Gasteiger partial charge is 0.141 e. The van der Waals surface area contributed by atoms with Gasteiger partial charge in [-0.1, -0.05) is 0 Å². The molecule has 94 valence electrons. The van der Waals surface area contributed by atoms with E-state index in [4.69, 9.17) is 0 Å².